The van der Waals surface area contributed by atoms with Crippen molar-refractivity contribution in [3.8, 4) is 0 Å². The fraction of sp³-hybridized carbons (Fsp3) is 0.778. The first-order chi connectivity index (χ1) is 11.1. The Morgan fingerprint density at radius 1 is 0.917 bits per heavy atom. The maximum absolute atomic E-state index is 13.0. The zero-order valence-electron chi connectivity index (χ0n) is 16.1. The van der Waals surface area contributed by atoms with Gasteiger partial charge in [0, 0.05) is 19.3 Å². The molecule has 0 atom stereocenters. The second-order valence-electron chi connectivity index (χ2n) is 8.07. The molecule has 2 heterocycles. The molecule has 0 aliphatic carbocycles. The first-order valence-electron chi connectivity index (χ1n) is 9.33. The van der Waals surface area contributed by atoms with Gasteiger partial charge in [0.05, 0.1) is 4.90 Å². The number of piperidine rings is 1. The molecular formula is C18H34N2O2SSi. The molecule has 0 aromatic carbocycles. The Morgan fingerprint density at radius 2 is 1.42 bits per heavy atom. The Bertz CT molecular complexity index is 622. The van der Waals surface area contributed by atoms with Crippen LogP contribution in [0.25, 0.3) is 0 Å². The van der Waals surface area contributed by atoms with Crippen molar-refractivity contribution in [1.82, 2.24) is 8.54 Å². The molecule has 0 bridgehead atoms. The number of sulfonamides is 1. The molecule has 0 radical (unpaired) electrons. The highest BCUT2D eigenvalue weighted by atomic mass is 32.2. The molecule has 1 aromatic heterocycles. The average Bonchev–Trinajstić information content (AvgIpc) is 2.98. The molecule has 1 aliphatic heterocycles. The van der Waals surface area contributed by atoms with Crippen LogP contribution in [0.2, 0.25) is 16.6 Å². The molecule has 0 unspecified atom stereocenters. The molecule has 24 heavy (non-hydrogen) atoms. The monoisotopic (exact) mass is 370 g/mol. The maximum atomic E-state index is 13.0. The van der Waals surface area contributed by atoms with E-state index in [1.54, 1.807) is 4.31 Å². The summed E-state index contributed by atoms with van der Waals surface area (Å²) in [5.41, 5.74) is 1.65. The molecule has 0 spiro atoms. The molecular weight excluding hydrogens is 336 g/mol. The lowest BCUT2D eigenvalue weighted by Gasteiger charge is -2.44. The van der Waals surface area contributed by atoms with Gasteiger partial charge in [-0.25, -0.2) is 8.42 Å². The van der Waals surface area contributed by atoms with Crippen LogP contribution in [0, 0.1) is 0 Å². The van der Waals surface area contributed by atoms with Gasteiger partial charge in [-0.15, -0.1) is 0 Å². The van der Waals surface area contributed by atoms with Crippen LogP contribution < -0.4 is 0 Å². The summed E-state index contributed by atoms with van der Waals surface area (Å²) in [6.45, 7) is 15.1. The van der Waals surface area contributed by atoms with Gasteiger partial charge in [0.25, 0.3) is 0 Å². The van der Waals surface area contributed by atoms with Gasteiger partial charge in [-0.2, -0.15) is 4.31 Å². The standard InChI is InChI=1S/C18H34N2O2SSi/c1-15(2)24(16(3)4,17(5)6)20-13-10-18(14-20)23(21,22)19-11-8-7-9-12-19/h10,13-17H,7-9,11-12H2,1-6H3. The zero-order valence-corrected chi connectivity index (χ0v) is 17.9. The van der Waals surface area contributed by atoms with Crippen molar-refractivity contribution in [3.05, 3.63) is 18.5 Å². The first kappa shape index (κ1) is 19.7. The molecule has 0 N–H and O–H groups in total. The van der Waals surface area contributed by atoms with Crippen LogP contribution in [-0.4, -0.2) is 38.3 Å². The summed E-state index contributed by atoms with van der Waals surface area (Å²) >= 11 is 0. The summed E-state index contributed by atoms with van der Waals surface area (Å²) in [6, 6.07) is 1.82. The highest BCUT2D eigenvalue weighted by Gasteiger charge is 2.45. The van der Waals surface area contributed by atoms with Crippen LogP contribution in [0.5, 0.6) is 0 Å². The Morgan fingerprint density at radius 3 is 1.88 bits per heavy atom. The quantitative estimate of drug-likeness (QED) is 0.682. The summed E-state index contributed by atoms with van der Waals surface area (Å²) in [4.78, 5) is 0.475. The topological polar surface area (TPSA) is 42.3 Å². The fourth-order valence-electron chi connectivity index (χ4n) is 4.92. The SMILES string of the molecule is CC(C)[Si](C(C)C)(C(C)C)n1ccc(S(=O)(=O)N2CCCCC2)c1. The Balaban J connectivity index is 2.44. The third-order valence-electron chi connectivity index (χ3n) is 5.84. The maximum Gasteiger partial charge on any atom is 0.244 e. The minimum absolute atomic E-state index is 0.475. The smallest absolute Gasteiger partial charge is 0.244 e. The Hall–Kier alpha value is -0.593. The van der Waals surface area contributed by atoms with E-state index in [9.17, 15) is 8.42 Å². The summed E-state index contributed by atoms with van der Waals surface area (Å²) in [5.74, 6) is 0. The van der Waals surface area contributed by atoms with Gasteiger partial charge < -0.3 is 4.23 Å². The van der Waals surface area contributed by atoms with Crippen LogP contribution >= 0.6 is 0 Å². The number of nitrogens with zero attached hydrogens (tertiary/aromatic N) is 2. The van der Waals surface area contributed by atoms with E-state index < -0.39 is 18.3 Å². The van der Waals surface area contributed by atoms with Gasteiger partial charge in [0.15, 0.2) is 8.24 Å². The number of hydrogen-bond donors (Lipinski definition) is 0. The lowest BCUT2D eigenvalue weighted by atomic mass is 10.2. The first-order valence-corrected chi connectivity index (χ1v) is 13.0. The Labute approximate surface area is 149 Å². The molecule has 4 nitrogen and oxygen atoms in total. The molecule has 0 saturated carbocycles. The van der Waals surface area contributed by atoms with Gasteiger partial charge in [-0.1, -0.05) is 48.0 Å². The molecule has 1 fully saturated rings. The third-order valence-corrected chi connectivity index (χ3v) is 14.4. The minimum Gasteiger partial charge on any atom is -0.378 e. The van der Waals surface area contributed by atoms with Crippen molar-refractivity contribution in [2.75, 3.05) is 13.1 Å². The largest absolute Gasteiger partial charge is 0.378 e. The lowest BCUT2D eigenvalue weighted by molar-refractivity contribution is 0.346. The van der Waals surface area contributed by atoms with E-state index in [4.69, 9.17) is 0 Å². The van der Waals surface area contributed by atoms with Crippen molar-refractivity contribution in [2.45, 2.75) is 82.3 Å². The molecule has 6 heteroatoms. The number of hydrogen-bond acceptors (Lipinski definition) is 2. The van der Waals surface area contributed by atoms with E-state index in [2.05, 4.69) is 45.8 Å². The van der Waals surface area contributed by atoms with Crippen molar-refractivity contribution in [3.63, 3.8) is 0 Å². The molecule has 1 aromatic rings. The van der Waals surface area contributed by atoms with Crippen LogP contribution in [-0.2, 0) is 10.0 Å². The highest BCUT2D eigenvalue weighted by Crippen LogP contribution is 2.43. The van der Waals surface area contributed by atoms with Crippen LogP contribution in [0.4, 0.5) is 0 Å². The van der Waals surface area contributed by atoms with Gasteiger partial charge in [0.2, 0.25) is 10.0 Å². The predicted molar refractivity (Wildman–Crippen MR) is 103 cm³/mol. The van der Waals surface area contributed by atoms with Crippen molar-refractivity contribution in [1.29, 1.82) is 0 Å². The zero-order chi connectivity index (χ0) is 18.1. The summed E-state index contributed by atoms with van der Waals surface area (Å²) in [5, 5.41) is 0. The van der Waals surface area contributed by atoms with E-state index in [0.29, 0.717) is 34.6 Å². The van der Waals surface area contributed by atoms with E-state index in [1.807, 2.05) is 18.5 Å². The third kappa shape index (κ3) is 3.25. The van der Waals surface area contributed by atoms with Crippen molar-refractivity contribution >= 4 is 18.3 Å². The fourth-order valence-corrected chi connectivity index (χ4v) is 13.0. The minimum atomic E-state index is -3.34. The van der Waals surface area contributed by atoms with E-state index >= 15 is 0 Å². The Kier molecular flexibility index (Phi) is 6.03. The van der Waals surface area contributed by atoms with Crippen LogP contribution in [0.3, 0.4) is 0 Å². The number of rotatable bonds is 6. The lowest BCUT2D eigenvalue weighted by Crippen LogP contribution is -2.51. The van der Waals surface area contributed by atoms with E-state index in [-0.39, 0.29) is 0 Å². The number of aromatic nitrogens is 1. The van der Waals surface area contributed by atoms with E-state index in [0.717, 1.165) is 19.3 Å². The molecule has 1 aliphatic rings. The summed E-state index contributed by atoms with van der Waals surface area (Å²) < 4.78 is 29.9. The normalized spacial score (nSPS) is 18.0. The van der Waals surface area contributed by atoms with Crippen LogP contribution in [0.15, 0.2) is 23.4 Å². The molecule has 1 saturated heterocycles. The van der Waals surface area contributed by atoms with Crippen molar-refractivity contribution < 1.29 is 8.42 Å². The predicted octanol–water partition coefficient (Wildman–Crippen LogP) is 4.69. The van der Waals surface area contributed by atoms with Gasteiger partial charge in [-0.05, 0) is 41.7 Å². The van der Waals surface area contributed by atoms with Gasteiger partial charge in [0.1, 0.15) is 0 Å². The van der Waals surface area contributed by atoms with Gasteiger partial charge in [-0.3, -0.25) is 0 Å². The molecule has 0 amide bonds. The second kappa shape index (κ2) is 7.34. The molecule has 2 rings (SSSR count). The average molecular weight is 371 g/mol. The summed E-state index contributed by atoms with van der Waals surface area (Å²) in [6.07, 6.45) is 7.04. The van der Waals surface area contributed by atoms with Crippen LogP contribution in [0.1, 0.15) is 60.8 Å². The van der Waals surface area contributed by atoms with Gasteiger partial charge >= 0.3 is 0 Å². The summed E-state index contributed by atoms with van der Waals surface area (Å²) in [7, 11) is -5.22. The highest BCUT2D eigenvalue weighted by molar-refractivity contribution is 7.89. The van der Waals surface area contributed by atoms with E-state index in [1.165, 1.54) is 0 Å². The van der Waals surface area contributed by atoms with Crippen molar-refractivity contribution in [2.24, 2.45) is 0 Å². The second-order valence-corrected chi connectivity index (χ2v) is 15.8. The molecule has 138 valence electrons.